The number of ketones is 1. The van der Waals surface area contributed by atoms with Crippen LogP contribution in [0.1, 0.15) is 140 Å². The Balaban J connectivity index is 0.000000153. The molecule has 0 amide bonds. The number of methoxy groups -OCH3 is 3. The first kappa shape index (κ1) is 87.8. The monoisotopic (exact) mass is 1910 g/mol. The lowest BCUT2D eigenvalue weighted by Gasteiger charge is -2.25. The van der Waals surface area contributed by atoms with Gasteiger partial charge in [0.25, 0.3) is 6.43 Å². The van der Waals surface area contributed by atoms with Crippen molar-refractivity contribution in [1.82, 2.24) is 86.7 Å². The lowest BCUT2D eigenvalue weighted by molar-refractivity contribution is -0.156. The van der Waals surface area contributed by atoms with E-state index in [9.17, 15) is 37.5 Å². The number of aromatic nitrogens is 18. The summed E-state index contributed by atoms with van der Waals surface area (Å²) in [5.74, 6) is 5.26. The molecule has 10 aromatic heterocycles. The normalized spacial score (nSPS) is 18.2. The maximum Gasteiger partial charge on any atom is 0.338 e. The number of nitrogens with zero attached hydrogens (tertiary/aromatic N) is 18. The summed E-state index contributed by atoms with van der Waals surface area (Å²) < 4.78 is 64.5. The predicted octanol–water partition coefficient (Wildman–Crippen LogP) is 11.5. The van der Waals surface area contributed by atoms with Crippen LogP contribution in [-0.4, -0.2) is 160 Å². The lowest BCUT2D eigenvalue weighted by atomic mass is 9.91. The third-order valence-electron chi connectivity index (χ3n) is 18.9. The van der Waals surface area contributed by atoms with Crippen LogP contribution < -0.4 is 17.2 Å². The molecule has 112 heavy (non-hydrogen) atoms. The second-order valence-electron chi connectivity index (χ2n) is 28.1. The number of esters is 4. The Labute approximate surface area is 695 Å². The Hall–Kier alpha value is -8.15. The van der Waals surface area contributed by atoms with Crippen LogP contribution >= 0.6 is 103 Å². The Morgan fingerprint density at radius 2 is 1.10 bits per heavy atom. The van der Waals surface area contributed by atoms with Crippen LogP contribution in [0.3, 0.4) is 0 Å². The minimum absolute atomic E-state index is 0. The topological polar surface area (TPSA) is 405 Å². The van der Waals surface area contributed by atoms with Gasteiger partial charge in [0.2, 0.25) is 4.73 Å². The van der Waals surface area contributed by atoms with Gasteiger partial charge in [0, 0.05) is 146 Å². The molecular weight excluding hydrogens is 1830 g/mol. The molecule has 604 valence electrons. The highest BCUT2D eigenvalue weighted by atomic mass is 79.9. The zero-order valence-electron chi connectivity index (χ0n) is 62.3. The molecule has 6 aliphatic heterocycles. The van der Waals surface area contributed by atoms with E-state index in [-0.39, 0.29) is 71.4 Å². The van der Waals surface area contributed by atoms with Crippen molar-refractivity contribution in [1.29, 1.82) is 0 Å². The first-order chi connectivity index (χ1) is 52.8. The second-order valence-corrected chi connectivity index (χ2v) is 32.9. The highest BCUT2D eigenvalue weighted by molar-refractivity contribution is 9.11. The van der Waals surface area contributed by atoms with Crippen molar-refractivity contribution < 1.29 is 61.6 Å². The molecule has 0 aliphatic carbocycles. The van der Waals surface area contributed by atoms with E-state index in [1.807, 2.05) is 65.6 Å². The number of aliphatic carboxylic acids is 1. The number of ether oxygens (including phenoxy) is 4. The van der Waals surface area contributed by atoms with E-state index in [1.165, 1.54) is 37.6 Å². The van der Waals surface area contributed by atoms with Crippen molar-refractivity contribution in [2.75, 3.05) is 32.8 Å². The molecule has 0 saturated carbocycles. The molecule has 6 aliphatic rings. The van der Waals surface area contributed by atoms with Crippen molar-refractivity contribution in [3.8, 4) is 10.6 Å². The average molecular weight is 1920 g/mol. The van der Waals surface area contributed by atoms with Gasteiger partial charge in [-0.05, 0) is 163 Å². The summed E-state index contributed by atoms with van der Waals surface area (Å²) in [5.41, 5.74) is 18.2. The molecule has 41 heteroatoms. The number of imidazole rings is 6. The summed E-state index contributed by atoms with van der Waals surface area (Å²) >= 11 is 17.7. The molecule has 10 aromatic rings. The van der Waals surface area contributed by atoms with Crippen LogP contribution in [0.5, 0.6) is 0 Å². The molecule has 0 spiro atoms. The van der Waals surface area contributed by atoms with Gasteiger partial charge in [-0.15, -0.1) is 28.8 Å². The van der Waals surface area contributed by atoms with Crippen LogP contribution in [0.15, 0.2) is 90.2 Å². The summed E-state index contributed by atoms with van der Waals surface area (Å²) in [6.45, 7) is 10.7. The number of alkyl halides is 2. The number of nitrogens with two attached hydrogens (primary N) is 3. The van der Waals surface area contributed by atoms with Gasteiger partial charge >= 0.3 is 29.8 Å². The lowest BCUT2D eigenvalue weighted by Crippen LogP contribution is -2.30. The van der Waals surface area contributed by atoms with Crippen LogP contribution in [0.2, 0.25) is 0 Å². The Bertz CT molecular complexity index is 4860. The third-order valence-corrected chi connectivity index (χ3v) is 21.6. The molecule has 0 radical (unpaired) electrons. The summed E-state index contributed by atoms with van der Waals surface area (Å²) in [6, 6.07) is 3.58. The fourth-order valence-electron chi connectivity index (χ4n) is 13.4. The molecule has 6 unspecified atom stereocenters. The number of anilines is 2. The summed E-state index contributed by atoms with van der Waals surface area (Å²) in [7, 11) is 5.86. The van der Waals surface area contributed by atoms with Crippen LogP contribution in [0.25, 0.3) is 16.2 Å². The van der Waals surface area contributed by atoms with E-state index >= 15 is 0 Å². The largest absolute Gasteiger partial charge is 0.481 e. The van der Waals surface area contributed by atoms with Gasteiger partial charge in [-0.3, -0.25) is 28.7 Å². The highest BCUT2D eigenvalue weighted by Crippen LogP contribution is 2.34. The molecule has 16 heterocycles. The molecule has 0 aromatic carbocycles. The molecule has 0 saturated heterocycles. The molecule has 0 fully saturated rings. The number of aryl methyl sites for hydroxylation is 7. The van der Waals surface area contributed by atoms with E-state index in [1.54, 1.807) is 36.0 Å². The number of rotatable bonds is 11. The maximum absolute atomic E-state index is 13.0. The number of nitrogen functional groups attached to an aromatic ring is 2. The first-order valence-corrected chi connectivity index (χ1v) is 40.4. The van der Waals surface area contributed by atoms with E-state index in [0.29, 0.717) is 107 Å². The van der Waals surface area contributed by atoms with Crippen LogP contribution in [-0.2, 0) is 123 Å². The molecule has 7 N–H and O–H groups in total. The van der Waals surface area contributed by atoms with E-state index in [0.717, 1.165) is 142 Å². The number of fused-ring (bicyclic) bond motifs is 7. The Morgan fingerprint density at radius 1 is 0.607 bits per heavy atom. The molecule has 16 rings (SSSR count). The number of carboxylic acids is 1. The summed E-state index contributed by atoms with van der Waals surface area (Å²) in [5, 5.41) is 18.9. The number of halogens is 8. The van der Waals surface area contributed by atoms with Crippen LogP contribution in [0.4, 0.5) is 20.4 Å². The first-order valence-electron chi connectivity index (χ1n) is 35.5. The number of pyridine rings is 1. The van der Waals surface area contributed by atoms with Crippen molar-refractivity contribution in [3.05, 3.63) is 142 Å². The minimum atomic E-state index is -2.63. The molecule has 6 atom stereocenters. The average Bonchev–Trinajstić information content (AvgIpc) is 1.64. The van der Waals surface area contributed by atoms with Crippen molar-refractivity contribution in [2.45, 2.75) is 168 Å². The minimum Gasteiger partial charge on any atom is -0.481 e. The molecular formula is C71H87Br5ClF2N21O11S. The summed E-state index contributed by atoms with van der Waals surface area (Å²) in [4.78, 5) is 103. The van der Waals surface area contributed by atoms with Crippen molar-refractivity contribution in [2.24, 2.45) is 42.4 Å². The van der Waals surface area contributed by atoms with Gasteiger partial charge in [-0.1, -0.05) is 0 Å². The zero-order chi connectivity index (χ0) is 80.1. The highest BCUT2D eigenvalue weighted by Gasteiger charge is 2.32. The number of carbonyl (C=O) groups is 6. The van der Waals surface area contributed by atoms with Gasteiger partial charge in [-0.2, -0.15) is 5.10 Å². The Kier molecular flexibility index (Phi) is 31.2. The van der Waals surface area contributed by atoms with E-state index < -0.39 is 18.0 Å². The number of carbonyl (C=O) groups excluding carboxylic acids is 5. The standard InChI is InChI=1S/C16H15BrF2N6OS.C13H19BrN2O2.C9H11BrN2O2.C9H13N3O2.C9H9N3O2.C8H9BrN2O2.C7H10BrN3.ClH/c1-24-13(9(6-20-24)15-21-10(7-27-15)14(18)19)11(26)4-8-2-3-25-12(5-8)22-16(17)23-25;1-13(2,3)18-12(17)7-9-4-5-16-8-10(14)15-11(16)6-9;3*1-14-9(13)6-2-3-12-5-7(10)11-8(12)4-6;9-6-4-11-2-1-5(8(12)13)3-7(11)10-6;8-6-4-11-2-1-5(9)3-7(11)10-6;/h6-8,14H,2-5H2,1H3;8-9H,4-7H2,1-3H3;5-6H,2-4H2,1H3;5-6H,2-4,10H2,1H3;2-5H,10H2,1H3;4-5H,1-3H2,(H,12,13);4-5H,1-3,9H2;1H. The Morgan fingerprint density at radius 3 is 1.64 bits per heavy atom. The van der Waals surface area contributed by atoms with Gasteiger partial charge in [0.1, 0.15) is 92.6 Å². The quantitative estimate of drug-likeness (QED) is 0.0531. The molecule has 32 nitrogen and oxygen atoms in total. The summed E-state index contributed by atoms with van der Waals surface area (Å²) in [6.07, 6.45) is 22.3. The predicted molar refractivity (Wildman–Crippen MR) is 428 cm³/mol. The number of Topliss-reactive ketones (excluding diaryl/α,β-unsaturated/α-hetero) is 1. The van der Waals surface area contributed by atoms with Gasteiger partial charge < -0.3 is 68.5 Å². The number of hydrogen-bond acceptors (Lipinski definition) is 24. The van der Waals surface area contributed by atoms with E-state index in [2.05, 4.69) is 148 Å². The van der Waals surface area contributed by atoms with Gasteiger partial charge in [0.15, 0.2) is 5.78 Å². The smallest absolute Gasteiger partial charge is 0.338 e. The van der Waals surface area contributed by atoms with Gasteiger partial charge in [-0.25, -0.2) is 58.1 Å². The zero-order valence-corrected chi connectivity index (χ0v) is 71.9. The van der Waals surface area contributed by atoms with Crippen molar-refractivity contribution >= 4 is 156 Å². The number of thiazole rings is 1. The van der Waals surface area contributed by atoms with Gasteiger partial charge in [0.05, 0.1) is 62.6 Å². The fourth-order valence-corrected chi connectivity index (χ4v) is 16.4. The number of hydrogen-bond donors (Lipinski definition) is 4. The third kappa shape index (κ3) is 24.0. The van der Waals surface area contributed by atoms with Crippen molar-refractivity contribution in [3.63, 3.8) is 0 Å². The number of carboxylic acid groups (broad SMARTS) is 1. The van der Waals surface area contributed by atoms with E-state index in [4.69, 9.17) is 36.5 Å². The maximum atomic E-state index is 13.0. The SMILES string of the molecule is CC(C)(C)OC(=O)CC1CCn2cc(Br)nc2C1.COC(=O)C1CCn2cc(Br)nc2C1.COC(=O)C1CCn2cc(N)nc2C1.COC(=O)c1ccn2cc(N)nc2c1.Cl.Cn1ncc(-c2nc(C(F)F)cs2)c1C(=O)CC1CCn2nc(Br)nc2C1.NC1CCn2cc(Br)nc2C1.O=C(O)C1CCn2cc(Br)nc2C1. The molecule has 0 bridgehead atoms. The fraction of sp³-hybridized carbons (Fsp3) is 0.493. The second kappa shape index (κ2) is 39.7. The van der Waals surface area contributed by atoms with Crippen LogP contribution in [0, 0.1) is 29.6 Å².